The number of rotatable bonds is 7. The minimum absolute atomic E-state index is 0.113. The highest BCUT2D eigenvalue weighted by atomic mass is 16.6. The Morgan fingerprint density at radius 3 is 2.90 bits per heavy atom. The Balaban J connectivity index is 2.84. The lowest BCUT2D eigenvalue weighted by Gasteiger charge is -2.10. The molecule has 0 fully saturated rings. The number of hydrogen-bond donors (Lipinski definition) is 2. The van der Waals surface area contributed by atoms with E-state index in [1.165, 1.54) is 12.1 Å². The monoisotopic (exact) mass is 277 g/mol. The van der Waals surface area contributed by atoms with Crippen LogP contribution in [-0.2, 0) is 4.79 Å². The first-order valence-corrected chi connectivity index (χ1v) is 5.94. The van der Waals surface area contributed by atoms with Gasteiger partial charge in [0.1, 0.15) is 5.69 Å². The summed E-state index contributed by atoms with van der Waals surface area (Å²) < 4.78 is 5.20. The summed E-state index contributed by atoms with van der Waals surface area (Å²) in [5.74, 6) is 2.08. The number of hydrogen-bond acceptors (Lipinski definition) is 5. The smallest absolute Gasteiger partial charge is 0.333 e. The van der Waals surface area contributed by atoms with Crippen LogP contribution in [0.3, 0.4) is 0 Å². The lowest BCUT2D eigenvalue weighted by molar-refractivity contribution is -0.384. The highest BCUT2D eigenvalue weighted by Gasteiger charge is 2.20. The fraction of sp³-hybridized carbons (Fsp3) is 0.308. The van der Waals surface area contributed by atoms with Crippen LogP contribution >= 0.6 is 0 Å². The third-order valence-corrected chi connectivity index (χ3v) is 2.31. The summed E-state index contributed by atoms with van der Waals surface area (Å²) in [4.78, 5) is 21.9. The lowest BCUT2D eigenvalue weighted by Crippen LogP contribution is -2.30. The third kappa shape index (κ3) is 4.17. The molecule has 1 aromatic rings. The maximum Gasteiger partial charge on any atom is 0.333 e. The molecule has 0 saturated heterocycles. The van der Waals surface area contributed by atoms with Gasteiger partial charge in [-0.1, -0.05) is 12.0 Å². The summed E-state index contributed by atoms with van der Waals surface area (Å²) in [6.07, 6.45) is 5.01. The van der Waals surface area contributed by atoms with E-state index in [1.807, 2.05) is 0 Å². The summed E-state index contributed by atoms with van der Waals surface area (Å²) >= 11 is 0. The SMILES string of the molecule is C#CCNC(=O)CNc1cccc(OCC)c1[N+](=O)[O-]. The Labute approximate surface area is 116 Å². The predicted molar refractivity (Wildman–Crippen MR) is 74.6 cm³/mol. The molecule has 20 heavy (non-hydrogen) atoms. The Morgan fingerprint density at radius 1 is 1.55 bits per heavy atom. The fourth-order valence-electron chi connectivity index (χ4n) is 1.51. The van der Waals surface area contributed by atoms with E-state index in [2.05, 4.69) is 16.6 Å². The van der Waals surface area contributed by atoms with Gasteiger partial charge in [0.15, 0.2) is 5.75 Å². The number of amides is 1. The zero-order chi connectivity index (χ0) is 15.0. The zero-order valence-corrected chi connectivity index (χ0v) is 11.0. The quantitative estimate of drug-likeness (QED) is 0.443. The number of nitro benzene ring substituents is 1. The highest BCUT2D eigenvalue weighted by molar-refractivity contribution is 5.82. The van der Waals surface area contributed by atoms with Gasteiger partial charge in [0, 0.05) is 0 Å². The minimum atomic E-state index is -0.549. The molecule has 0 aromatic heterocycles. The normalized spacial score (nSPS) is 9.40. The number of ether oxygens (including phenoxy) is 1. The molecule has 0 bridgehead atoms. The van der Waals surface area contributed by atoms with Gasteiger partial charge in [-0.25, -0.2) is 0 Å². The van der Waals surface area contributed by atoms with Gasteiger partial charge in [-0.15, -0.1) is 6.42 Å². The van der Waals surface area contributed by atoms with E-state index in [-0.39, 0.29) is 36.1 Å². The molecule has 106 valence electrons. The van der Waals surface area contributed by atoms with Crippen LogP contribution < -0.4 is 15.4 Å². The largest absolute Gasteiger partial charge is 0.487 e. The number of anilines is 1. The molecule has 0 aliphatic carbocycles. The van der Waals surface area contributed by atoms with Crippen molar-refractivity contribution in [1.29, 1.82) is 0 Å². The summed E-state index contributed by atoms with van der Waals surface area (Å²) in [5.41, 5.74) is 0.0240. The maximum absolute atomic E-state index is 11.4. The van der Waals surface area contributed by atoms with Crippen LogP contribution in [0.15, 0.2) is 18.2 Å². The van der Waals surface area contributed by atoms with Crippen molar-refractivity contribution < 1.29 is 14.5 Å². The Hall–Kier alpha value is -2.75. The van der Waals surface area contributed by atoms with Crippen LogP contribution in [-0.4, -0.2) is 30.5 Å². The molecule has 0 unspecified atom stereocenters. The van der Waals surface area contributed by atoms with Gasteiger partial charge in [-0.3, -0.25) is 14.9 Å². The van der Waals surface area contributed by atoms with Gasteiger partial charge in [0.05, 0.1) is 24.6 Å². The van der Waals surface area contributed by atoms with Crippen molar-refractivity contribution in [1.82, 2.24) is 5.32 Å². The number of nitrogens with zero attached hydrogens (tertiary/aromatic N) is 1. The summed E-state index contributed by atoms with van der Waals surface area (Å²) in [5, 5.41) is 16.2. The number of carbonyl (C=O) groups is 1. The zero-order valence-electron chi connectivity index (χ0n) is 11.0. The van der Waals surface area contributed by atoms with Crippen molar-refractivity contribution >= 4 is 17.3 Å². The molecule has 2 N–H and O–H groups in total. The lowest BCUT2D eigenvalue weighted by atomic mass is 10.2. The van der Waals surface area contributed by atoms with Crippen LogP contribution in [0.5, 0.6) is 5.75 Å². The number of benzene rings is 1. The van der Waals surface area contributed by atoms with E-state index in [1.54, 1.807) is 13.0 Å². The van der Waals surface area contributed by atoms with E-state index in [0.717, 1.165) is 0 Å². The summed E-state index contributed by atoms with van der Waals surface area (Å²) in [7, 11) is 0. The number of nitro groups is 1. The first-order chi connectivity index (χ1) is 9.60. The molecule has 0 radical (unpaired) electrons. The van der Waals surface area contributed by atoms with Gasteiger partial charge in [-0.2, -0.15) is 0 Å². The van der Waals surface area contributed by atoms with Crippen LogP contribution in [0.25, 0.3) is 0 Å². The molecule has 1 amide bonds. The second-order valence-corrected chi connectivity index (χ2v) is 3.68. The number of nitrogens with one attached hydrogen (secondary N) is 2. The summed E-state index contributed by atoms with van der Waals surface area (Å²) in [6.45, 7) is 2.05. The van der Waals surface area contributed by atoms with Gasteiger partial charge in [0.2, 0.25) is 5.91 Å². The fourth-order valence-corrected chi connectivity index (χ4v) is 1.51. The second kappa shape index (κ2) is 7.63. The van der Waals surface area contributed by atoms with Gasteiger partial charge >= 0.3 is 5.69 Å². The van der Waals surface area contributed by atoms with E-state index in [4.69, 9.17) is 11.2 Å². The molecule has 0 spiro atoms. The Bertz CT molecular complexity index is 537. The van der Waals surface area contributed by atoms with Gasteiger partial charge < -0.3 is 15.4 Å². The molecule has 1 aromatic carbocycles. The van der Waals surface area contributed by atoms with Gasteiger partial charge in [0.25, 0.3) is 0 Å². The minimum Gasteiger partial charge on any atom is -0.487 e. The van der Waals surface area contributed by atoms with E-state index in [9.17, 15) is 14.9 Å². The van der Waals surface area contributed by atoms with E-state index >= 15 is 0 Å². The van der Waals surface area contributed by atoms with Gasteiger partial charge in [-0.05, 0) is 19.1 Å². The maximum atomic E-state index is 11.4. The summed E-state index contributed by atoms with van der Waals surface area (Å²) in [6, 6.07) is 4.63. The third-order valence-electron chi connectivity index (χ3n) is 2.31. The average Bonchev–Trinajstić information content (AvgIpc) is 2.43. The van der Waals surface area contributed by atoms with Crippen LogP contribution in [0.1, 0.15) is 6.92 Å². The molecule has 1 rings (SSSR count). The molecule has 7 heteroatoms. The Morgan fingerprint density at radius 2 is 2.30 bits per heavy atom. The van der Waals surface area contributed by atoms with Crippen molar-refractivity contribution in [2.24, 2.45) is 0 Å². The molecule has 0 saturated carbocycles. The molecule has 0 aliphatic rings. The predicted octanol–water partition coefficient (Wildman–Crippen LogP) is 1.15. The van der Waals surface area contributed by atoms with Crippen LogP contribution in [0.2, 0.25) is 0 Å². The molecule has 7 nitrogen and oxygen atoms in total. The first-order valence-electron chi connectivity index (χ1n) is 5.94. The standard InChI is InChI=1S/C13H15N3O4/c1-3-8-14-12(17)9-15-10-6-5-7-11(20-4-2)13(10)16(18)19/h1,5-7,15H,4,8-9H2,2H3,(H,14,17). The molecular weight excluding hydrogens is 262 g/mol. The van der Waals surface area contributed by atoms with Crippen molar-refractivity contribution in [2.75, 3.05) is 25.0 Å². The van der Waals surface area contributed by atoms with Crippen molar-refractivity contribution in [3.63, 3.8) is 0 Å². The Kier molecular flexibility index (Phi) is 5.84. The molecular formula is C13H15N3O4. The van der Waals surface area contributed by atoms with Crippen LogP contribution in [0.4, 0.5) is 11.4 Å². The van der Waals surface area contributed by atoms with Crippen molar-refractivity contribution in [3.8, 4) is 18.1 Å². The first kappa shape index (κ1) is 15.3. The highest BCUT2D eigenvalue weighted by Crippen LogP contribution is 2.34. The number of carbonyl (C=O) groups excluding carboxylic acids is 1. The van der Waals surface area contributed by atoms with E-state index < -0.39 is 4.92 Å². The molecule has 0 aliphatic heterocycles. The average molecular weight is 277 g/mol. The van der Waals surface area contributed by atoms with Crippen molar-refractivity contribution in [2.45, 2.75) is 6.92 Å². The number of terminal acetylenes is 1. The number of para-hydroxylation sites is 1. The van der Waals surface area contributed by atoms with E-state index in [0.29, 0.717) is 6.61 Å². The van der Waals surface area contributed by atoms with Crippen LogP contribution in [0, 0.1) is 22.5 Å². The molecule has 0 atom stereocenters. The topological polar surface area (TPSA) is 93.5 Å². The second-order valence-electron chi connectivity index (χ2n) is 3.68. The van der Waals surface area contributed by atoms with Crippen molar-refractivity contribution in [3.05, 3.63) is 28.3 Å². The molecule has 0 heterocycles.